The number of hydrogen-bond acceptors (Lipinski definition) is 1. The van der Waals surface area contributed by atoms with Crippen molar-refractivity contribution < 1.29 is 0 Å². The average molecular weight is 253 g/mol. The Morgan fingerprint density at radius 3 is 2.42 bits per heavy atom. The van der Waals surface area contributed by atoms with Crippen LogP contribution in [-0.2, 0) is 6.54 Å². The standard InChI is InChI=1S/C16H19N3/c1-12-5-3-7-14(9-12)11-18-16(17)19-15-8-4-6-13(2)10-15/h3-10H,11H2,1-2H3,(H3,17,18,19). The summed E-state index contributed by atoms with van der Waals surface area (Å²) in [7, 11) is 0. The Balaban J connectivity index is 2.00. The Labute approximate surface area is 114 Å². The molecule has 0 amide bonds. The molecule has 3 nitrogen and oxygen atoms in total. The number of nitrogens with one attached hydrogen (secondary N) is 1. The smallest absolute Gasteiger partial charge is 0.193 e. The molecule has 98 valence electrons. The molecular weight excluding hydrogens is 234 g/mol. The van der Waals surface area contributed by atoms with E-state index in [4.69, 9.17) is 5.73 Å². The van der Waals surface area contributed by atoms with Gasteiger partial charge in [-0.1, -0.05) is 42.0 Å². The van der Waals surface area contributed by atoms with Gasteiger partial charge in [0.15, 0.2) is 5.96 Å². The summed E-state index contributed by atoms with van der Waals surface area (Å²) < 4.78 is 0. The van der Waals surface area contributed by atoms with Crippen LogP contribution in [0, 0.1) is 13.8 Å². The van der Waals surface area contributed by atoms with Crippen LogP contribution in [0.5, 0.6) is 0 Å². The van der Waals surface area contributed by atoms with Crippen LogP contribution in [-0.4, -0.2) is 5.96 Å². The highest BCUT2D eigenvalue weighted by molar-refractivity contribution is 5.92. The minimum Gasteiger partial charge on any atom is -0.370 e. The topological polar surface area (TPSA) is 50.4 Å². The molecule has 19 heavy (non-hydrogen) atoms. The quantitative estimate of drug-likeness (QED) is 0.651. The third-order valence-corrected chi connectivity index (χ3v) is 2.80. The van der Waals surface area contributed by atoms with Crippen molar-refractivity contribution in [3.63, 3.8) is 0 Å². The van der Waals surface area contributed by atoms with Gasteiger partial charge in [-0.15, -0.1) is 0 Å². The van der Waals surface area contributed by atoms with Crippen LogP contribution in [0.2, 0.25) is 0 Å². The van der Waals surface area contributed by atoms with Gasteiger partial charge in [0.25, 0.3) is 0 Å². The molecule has 2 rings (SSSR count). The monoisotopic (exact) mass is 253 g/mol. The summed E-state index contributed by atoms with van der Waals surface area (Å²) in [4.78, 5) is 4.34. The van der Waals surface area contributed by atoms with Crippen LogP contribution >= 0.6 is 0 Å². The molecule has 0 heterocycles. The third-order valence-electron chi connectivity index (χ3n) is 2.80. The van der Waals surface area contributed by atoms with Gasteiger partial charge < -0.3 is 11.1 Å². The molecule has 0 saturated heterocycles. The van der Waals surface area contributed by atoms with Gasteiger partial charge in [0.2, 0.25) is 0 Å². The van der Waals surface area contributed by atoms with E-state index in [1.165, 1.54) is 11.1 Å². The van der Waals surface area contributed by atoms with E-state index in [1.807, 2.05) is 37.3 Å². The lowest BCUT2D eigenvalue weighted by Gasteiger charge is -2.06. The highest BCUT2D eigenvalue weighted by atomic mass is 15.1. The summed E-state index contributed by atoms with van der Waals surface area (Å²) >= 11 is 0. The Kier molecular flexibility index (Phi) is 4.18. The van der Waals surface area contributed by atoms with Gasteiger partial charge in [-0.3, -0.25) is 0 Å². The number of aryl methyl sites for hydroxylation is 2. The summed E-state index contributed by atoms with van der Waals surface area (Å²) in [6.07, 6.45) is 0. The van der Waals surface area contributed by atoms with Crippen LogP contribution in [0.3, 0.4) is 0 Å². The van der Waals surface area contributed by atoms with Crippen molar-refractivity contribution in [2.45, 2.75) is 20.4 Å². The minimum absolute atomic E-state index is 0.437. The van der Waals surface area contributed by atoms with Crippen molar-refractivity contribution in [3.8, 4) is 0 Å². The molecule has 0 saturated carbocycles. The predicted molar refractivity (Wildman–Crippen MR) is 81.3 cm³/mol. The molecule has 0 aliphatic rings. The summed E-state index contributed by atoms with van der Waals surface area (Å²) in [6, 6.07) is 16.3. The second-order valence-electron chi connectivity index (χ2n) is 4.69. The van der Waals surface area contributed by atoms with Crippen molar-refractivity contribution in [1.29, 1.82) is 0 Å². The van der Waals surface area contributed by atoms with E-state index in [-0.39, 0.29) is 0 Å². The zero-order chi connectivity index (χ0) is 13.7. The summed E-state index contributed by atoms with van der Waals surface area (Å²) in [5.41, 5.74) is 10.4. The number of benzene rings is 2. The lowest BCUT2D eigenvalue weighted by molar-refractivity contribution is 1.05. The van der Waals surface area contributed by atoms with E-state index in [0.717, 1.165) is 11.3 Å². The van der Waals surface area contributed by atoms with Crippen molar-refractivity contribution in [2.24, 2.45) is 10.7 Å². The molecule has 0 aliphatic carbocycles. The minimum atomic E-state index is 0.437. The molecule has 2 aromatic carbocycles. The van der Waals surface area contributed by atoms with Crippen LogP contribution in [0.25, 0.3) is 0 Å². The number of rotatable bonds is 3. The zero-order valence-electron chi connectivity index (χ0n) is 11.4. The zero-order valence-corrected chi connectivity index (χ0v) is 11.4. The average Bonchev–Trinajstić information content (AvgIpc) is 2.36. The molecule has 3 heteroatoms. The molecule has 0 radical (unpaired) electrons. The number of nitrogens with zero attached hydrogens (tertiary/aromatic N) is 1. The maximum atomic E-state index is 5.88. The molecule has 0 aromatic heterocycles. The lowest BCUT2D eigenvalue weighted by atomic mass is 10.1. The fourth-order valence-electron chi connectivity index (χ4n) is 1.90. The third kappa shape index (κ3) is 4.14. The molecule has 3 N–H and O–H groups in total. The second kappa shape index (κ2) is 6.05. The molecule has 0 spiro atoms. The van der Waals surface area contributed by atoms with Gasteiger partial charge in [-0.05, 0) is 37.1 Å². The second-order valence-corrected chi connectivity index (χ2v) is 4.69. The maximum absolute atomic E-state index is 5.88. The van der Waals surface area contributed by atoms with E-state index in [1.54, 1.807) is 0 Å². The first-order chi connectivity index (χ1) is 9.13. The van der Waals surface area contributed by atoms with Gasteiger partial charge in [-0.2, -0.15) is 0 Å². The highest BCUT2D eigenvalue weighted by Crippen LogP contribution is 2.09. The summed E-state index contributed by atoms with van der Waals surface area (Å²) in [6.45, 7) is 4.71. The Morgan fingerprint density at radius 2 is 1.74 bits per heavy atom. The van der Waals surface area contributed by atoms with Crippen LogP contribution in [0.15, 0.2) is 53.5 Å². The molecule has 0 fully saturated rings. The Bertz CT molecular complexity index is 588. The molecule has 0 aliphatic heterocycles. The van der Waals surface area contributed by atoms with Crippen molar-refractivity contribution in [2.75, 3.05) is 5.32 Å². The normalized spacial score (nSPS) is 11.4. The van der Waals surface area contributed by atoms with Gasteiger partial charge in [-0.25, -0.2) is 4.99 Å². The van der Waals surface area contributed by atoms with Crippen LogP contribution < -0.4 is 11.1 Å². The summed E-state index contributed by atoms with van der Waals surface area (Å²) in [5.74, 6) is 0.437. The van der Waals surface area contributed by atoms with Gasteiger partial charge in [0, 0.05) is 5.69 Å². The fraction of sp³-hybridized carbons (Fsp3) is 0.188. The van der Waals surface area contributed by atoms with Gasteiger partial charge in [0.05, 0.1) is 6.54 Å². The molecule has 2 aromatic rings. The van der Waals surface area contributed by atoms with Crippen molar-refractivity contribution in [1.82, 2.24) is 0 Å². The van der Waals surface area contributed by atoms with E-state index in [9.17, 15) is 0 Å². The van der Waals surface area contributed by atoms with E-state index in [2.05, 4.69) is 35.4 Å². The first kappa shape index (κ1) is 13.1. The Morgan fingerprint density at radius 1 is 1.05 bits per heavy atom. The first-order valence-electron chi connectivity index (χ1n) is 6.32. The maximum Gasteiger partial charge on any atom is 0.193 e. The first-order valence-corrected chi connectivity index (χ1v) is 6.32. The van der Waals surface area contributed by atoms with Gasteiger partial charge >= 0.3 is 0 Å². The van der Waals surface area contributed by atoms with Crippen molar-refractivity contribution >= 4 is 11.6 Å². The number of aliphatic imine (C=N–C) groups is 1. The number of anilines is 1. The number of nitrogens with two attached hydrogens (primary N) is 1. The van der Waals surface area contributed by atoms with Crippen LogP contribution in [0.1, 0.15) is 16.7 Å². The lowest BCUT2D eigenvalue weighted by Crippen LogP contribution is -2.22. The number of hydrogen-bond donors (Lipinski definition) is 2. The van der Waals surface area contributed by atoms with E-state index < -0.39 is 0 Å². The highest BCUT2D eigenvalue weighted by Gasteiger charge is 1.96. The molecular formula is C16H19N3. The van der Waals surface area contributed by atoms with E-state index >= 15 is 0 Å². The van der Waals surface area contributed by atoms with E-state index in [0.29, 0.717) is 12.5 Å². The summed E-state index contributed by atoms with van der Waals surface area (Å²) in [5, 5.41) is 3.10. The Hall–Kier alpha value is -2.29. The van der Waals surface area contributed by atoms with Crippen molar-refractivity contribution in [3.05, 3.63) is 65.2 Å². The largest absolute Gasteiger partial charge is 0.370 e. The fourth-order valence-corrected chi connectivity index (χ4v) is 1.90. The SMILES string of the molecule is Cc1cccc(CN=C(N)Nc2cccc(C)c2)c1. The molecule has 0 unspecified atom stereocenters. The number of guanidine groups is 1. The van der Waals surface area contributed by atoms with Gasteiger partial charge in [0.1, 0.15) is 0 Å². The molecule has 0 atom stereocenters. The predicted octanol–water partition coefficient (Wildman–Crippen LogP) is 3.23. The van der Waals surface area contributed by atoms with Crippen LogP contribution in [0.4, 0.5) is 5.69 Å². The molecule has 0 bridgehead atoms.